The van der Waals surface area contributed by atoms with E-state index < -0.39 is 6.04 Å². The molecule has 0 radical (unpaired) electrons. The molecule has 1 atom stereocenters. The van der Waals surface area contributed by atoms with Crippen LogP contribution in [0.25, 0.3) is 11.0 Å². The summed E-state index contributed by atoms with van der Waals surface area (Å²) >= 11 is 5.90. The van der Waals surface area contributed by atoms with Gasteiger partial charge in [-0.15, -0.1) is 0 Å². The van der Waals surface area contributed by atoms with Crippen LogP contribution in [-0.4, -0.2) is 21.4 Å². The standard InChI is InChI=1S/C22H17ClN4O3/c23-14-7-9-15(10-8-14)24-20(28)12-19-21(29)26(13-16-4-3-11-30-16)22-25-17-5-1-2-6-18(17)27(19)22/h1-11,19H,12-13H2,(H,24,28)/t19-/m0/s1. The zero-order chi connectivity index (χ0) is 20.7. The molecule has 1 aliphatic heterocycles. The molecule has 0 aliphatic carbocycles. The molecule has 30 heavy (non-hydrogen) atoms. The second-order valence-electron chi connectivity index (χ2n) is 7.05. The van der Waals surface area contributed by atoms with Gasteiger partial charge in [-0.05, 0) is 48.5 Å². The van der Waals surface area contributed by atoms with E-state index in [-0.39, 0.29) is 24.8 Å². The maximum absolute atomic E-state index is 13.3. The van der Waals surface area contributed by atoms with Gasteiger partial charge >= 0.3 is 0 Å². The minimum absolute atomic E-state index is 0.0104. The Kier molecular flexibility index (Phi) is 4.52. The molecule has 0 unspecified atom stereocenters. The van der Waals surface area contributed by atoms with Gasteiger partial charge in [0.05, 0.1) is 30.3 Å². The molecule has 7 nitrogen and oxygen atoms in total. The predicted molar refractivity (Wildman–Crippen MR) is 113 cm³/mol. The fourth-order valence-corrected chi connectivity index (χ4v) is 3.85. The fourth-order valence-electron chi connectivity index (χ4n) is 3.72. The maximum Gasteiger partial charge on any atom is 0.253 e. The number of amides is 2. The number of halogens is 1. The molecule has 1 N–H and O–H groups in total. The molecule has 0 spiro atoms. The number of hydrogen-bond acceptors (Lipinski definition) is 4. The lowest BCUT2D eigenvalue weighted by atomic mass is 10.1. The highest BCUT2D eigenvalue weighted by Crippen LogP contribution is 2.37. The number of imidazole rings is 1. The number of furan rings is 1. The fraction of sp³-hybridized carbons (Fsp3) is 0.136. The van der Waals surface area contributed by atoms with Crippen LogP contribution in [0.4, 0.5) is 11.6 Å². The summed E-state index contributed by atoms with van der Waals surface area (Å²) in [5.74, 6) is 0.709. The third-order valence-electron chi connectivity index (χ3n) is 5.08. The van der Waals surface area contributed by atoms with Crippen molar-refractivity contribution in [3.8, 4) is 0 Å². The van der Waals surface area contributed by atoms with Crippen LogP contribution in [0.1, 0.15) is 18.2 Å². The second-order valence-corrected chi connectivity index (χ2v) is 7.49. The highest BCUT2D eigenvalue weighted by Gasteiger charge is 2.41. The van der Waals surface area contributed by atoms with Crippen molar-refractivity contribution < 1.29 is 14.0 Å². The number of nitrogens with zero attached hydrogens (tertiary/aromatic N) is 3. The number of aromatic nitrogens is 2. The number of carbonyl (C=O) groups is 2. The number of anilines is 2. The molecular weight excluding hydrogens is 404 g/mol. The number of carbonyl (C=O) groups excluding carboxylic acids is 2. The zero-order valence-corrected chi connectivity index (χ0v) is 16.5. The summed E-state index contributed by atoms with van der Waals surface area (Å²) in [4.78, 5) is 32.2. The van der Waals surface area contributed by atoms with Gasteiger partial charge < -0.3 is 9.73 Å². The third-order valence-corrected chi connectivity index (χ3v) is 5.33. The Morgan fingerprint density at radius 3 is 2.67 bits per heavy atom. The molecule has 150 valence electrons. The molecule has 8 heteroatoms. The quantitative estimate of drug-likeness (QED) is 0.519. The largest absolute Gasteiger partial charge is 0.467 e. The van der Waals surface area contributed by atoms with Crippen LogP contribution in [0.2, 0.25) is 5.02 Å². The lowest BCUT2D eigenvalue weighted by molar-refractivity contribution is -0.124. The van der Waals surface area contributed by atoms with Crippen LogP contribution in [0.15, 0.2) is 71.3 Å². The summed E-state index contributed by atoms with van der Waals surface area (Å²) in [6, 6.07) is 17.3. The van der Waals surface area contributed by atoms with Crippen LogP contribution in [0.3, 0.4) is 0 Å². The van der Waals surface area contributed by atoms with Gasteiger partial charge in [0.1, 0.15) is 11.8 Å². The highest BCUT2D eigenvalue weighted by atomic mass is 35.5. The van der Waals surface area contributed by atoms with Gasteiger partial charge in [-0.3, -0.25) is 19.1 Å². The van der Waals surface area contributed by atoms with E-state index in [0.29, 0.717) is 22.4 Å². The minimum atomic E-state index is -0.685. The Morgan fingerprint density at radius 2 is 1.90 bits per heavy atom. The Morgan fingerprint density at radius 1 is 1.10 bits per heavy atom. The van der Waals surface area contributed by atoms with E-state index in [1.807, 2.05) is 28.8 Å². The van der Waals surface area contributed by atoms with Gasteiger partial charge in [0.25, 0.3) is 5.91 Å². The Hall–Kier alpha value is -3.58. The molecular formula is C22H17ClN4O3. The zero-order valence-electron chi connectivity index (χ0n) is 15.8. The average Bonchev–Trinajstić information content (AvgIpc) is 3.44. The van der Waals surface area contributed by atoms with E-state index in [1.54, 1.807) is 47.6 Å². The summed E-state index contributed by atoms with van der Waals surface area (Å²) < 4.78 is 7.25. The number of nitrogens with one attached hydrogen (secondary N) is 1. The van der Waals surface area contributed by atoms with Crippen LogP contribution in [-0.2, 0) is 16.1 Å². The highest BCUT2D eigenvalue weighted by molar-refractivity contribution is 6.30. The van der Waals surface area contributed by atoms with Gasteiger partial charge in [0.15, 0.2) is 0 Å². The van der Waals surface area contributed by atoms with Crippen LogP contribution >= 0.6 is 11.6 Å². The third kappa shape index (κ3) is 3.23. The molecule has 2 amide bonds. The minimum Gasteiger partial charge on any atom is -0.467 e. The first kappa shape index (κ1) is 18.4. The molecule has 0 bridgehead atoms. The molecule has 1 aliphatic rings. The van der Waals surface area contributed by atoms with Crippen molar-refractivity contribution in [3.63, 3.8) is 0 Å². The van der Waals surface area contributed by atoms with Crippen molar-refractivity contribution in [3.05, 3.63) is 77.7 Å². The van der Waals surface area contributed by atoms with Gasteiger partial charge in [0, 0.05) is 10.7 Å². The first-order valence-electron chi connectivity index (χ1n) is 9.46. The van der Waals surface area contributed by atoms with Gasteiger partial charge in [-0.2, -0.15) is 0 Å². The van der Waals surface area contributed by atoms with Gasteiger partial charge in [0.2, 0.25) is 11.9 Å². The van der Waals surface area contributed by atoms with E-state index >= 15 is 0 Å². The Balaban J connectivity index is 1.46. The number of benzene rings is 2. The van der Waals surface area contributed by atoms with Crippen molar-refractivity contribution in [2.45, 2.75) is 19.0 Å². The monoisotopic (exact) mass is 420 g/mol. The van der Waals surface area contributed by atoms with E-state index in [4.69, 9.17) is 16.0 Å². The summed E-state index contributed by atoms with van der Waals surface area (Å²) in [6.45, 7) is 0.254. The maximum atomic E-state index is 13.3. The van der Waals surface area contributed by atoms with Gasteiger partial charge in [-0.25, -0.2) is 4.98 Å². The van der Waals surface area contributed by atoms with E-state index in [2.05, 4.69) is 10.3 Å². The number of para-hydroxylation sites is 2. The van der Waals surface area contributed by atoms with Crippen molar-refractivity contribution in [2.75, 3.05) is 10.2 Å². The first-order chi connectivity index (χ1) is 14.6. The molecule has 0 fully saturated rings. The van der Waals surface area contributed by atoms with Crippen LogP contribution < -0.4 is 10.2 Å². The Labute approximate surface area is 176 Å². The molecule has 2 aromatic heterocycles. The van der Waals surface area contributed by atoms with E-state index in [1.165, 1.54) is 0 Å². The Bertz CT molecular complexity index is 1230. The smallest absolute Gasteiger partial charge is 0.253 e. The number of fused-ring (bicyclic) bond motifs is 3. The molecule has 0 saturated carbocycles. The molecule has 0 saturated heterocycles. The summed E-state index contributed by atoms with van der Waals surface area (Å²) in [6.07, 6.45) is 1.55. The molecule has 2 aromatic carbocycles. The SMILES string of the molecule is O=C(C[C@H]1C(=O)N(Cc2ccco2)c2nc3ccccc3n21)Nc1ccc(Cl)cc1. The van der Waals surface area contributed by atoms with Crippen molar-refractivity contribution in [1.29, 1.82) is 0 Å². The van der Waals surface area contributed by atoms with Crippen molar-refractivity contribution in [2.24, 2.45) is 0 Å². The molecule has 4 aromatic rings. The summed E-state index contributed by atoms with van der Waals surface area (Å²) in [5, 5.41) is 3.41. The number of hydrogen-bond donors (Lipinski definition) is 1. The van der Waals surface area contributed by atoms with Crippen molar-refractivity contribution >= 4 is 46.1 Å². The van der Waals surface area contributed by atoms with Crippen LogP contribution in [0, 0.1) is 0 Å². The first-order valence-corrected chi connectivity index (χ1v) is 9.84. The van der Waals surface area contributed by atoms with Gasteiger partial charge in [-0.1, -0.05) is 23.7 Å². The predicted octanol–water partition coefficient (Wildman–Crippen LogP) is 4.40. The average molecular weight is 421 g/mol. The van der Waals surface area contributed by atoms with E-state index in [9.17, 15) is 9.59 Å². The lowest BCUT2D eigenvalue weighted by Crippen LogP contribution is -2.30. The van der Waals surface area contributed by atoms with Crippen molar-refractivity contribution in [1.82, 2.24) is 9.55 Å². The lowest BCUT2D eigenvalue weighted by Gasteiger charge is -2.15. The summed E-state index contributed by atoms with van der Waals surface area (Å²) in [5.41, 5.74) is 2.21. The number of rotatable bonds is 5. The summed E-state index contributed by atoms with van der Waals surface area (Å²) in [7, 11) is 0. The van der Waals surface area contributed by atoms with Crippen LogP contribution in [0.5, 0.6) is 0 Å². The second kappa shape index (κ2) is 7.35. The van der Waals surface area contributed by atoms with E-state index in [0.717, 1.165) is 11.0 Å². The topological polar surface area (TPSA) is 80.4 Å². The normalized spacial score (nSPS) is 15.6. The molecule has 3 heterocycles. The molecule has 5 rings (SSSR count).